The van der Waals surface area contributed by atoms with E-state index in [-0.39, 0.29) is 18.2 Å². The number of H-pyrrole nitrogens is 1. The quantitative estimate of drug-likeness (QED) is 0.786. The Morgan fingerprint density at radius 3 is 2.52 bits per heavy atom. The van der Waals surface area contributed by atoms with E-state index in [0.29, 0.717) is 11.5 Å². The molecule has 21 heavy (non-hydrogen) atoms. The van der Waals surface area contributed by atoms with Crippen LogP contribution in [0.1, 0.15) is 26.1 Å². The molecule has 1 heterocycles. The molecule has 1 amide bonds. The van der Waals surface area contributed by atoms with Gasteiger partial charge in [0.05, 0.1) is 12.5 Å². The molecule has 0 radical (unpaired) electrons. The van der Waals surface area contributed by atoms with E-state index >= 15 is 0 Å². The molecule has 3 N–H and O–H groups in total. The number of carbonyl (C=O) groups excluding carboxylic acids is 1. The summed E-state index contributed by atoms with van der Waals surface area (Å²) in [6, 6.07) is 7.27. The Bertz CT molecular complexity index is 604. The molecule has 1 aromatic heterocycles. The molecule has 0 saturated heterocycles. The molecule has 1 unspecified atom stereocenters. The number of rotatable bonds is 5. The molecule has 1 atom stereocenters. The summed E-state index contributed by atoms with van der Waals surface area (Å²) >= 11 is 0. The maximum atomic E-state index is 11.8. The number of aromatic amines is 1. The van der Waals surface area contributed by atoms with Gasteiger partial charge in [0.2, 0.25) is 5.91 Å². The Morgan fingerprint density at radius 1 is 1.33 bits per heavy atom. The molecule has 0 spiro atoms. The molecule has 0 aliphatic heterocycles. The van der Waals surface area contributed by atoms with Gasteiger partial charge in [-0.1, -0.05) is 13.8 Å². The van der Waals surface area contributed by atoms with Gasteiger partial charge in [-0.05, 0) is 37.1 Å². The maximum absolute atomic E-state index is 11.8. The second-order valence-electron chi connectivity index (χ2n) is 5.39. The summed E-state index contributed by atoms with van der Waals surface area (Å²) in [6.45, 7) is 5.60. The number of amides is 1. The van der Waals surface area contributed by atoms with Gasteiger partial charge in [0.1, 0.15) is 5.82 Å². The van der Waals surface area contributed by atoms with Crippen molar-refractivity contribution in [3.63, 3.8) is 0 Å². The Kier molecular flexibility index (Phi) is 4.70. The van der Waals surface area contributed by atoms with Crippen molar-refractivity contribution in [1.82, 2.24) is 15.2 Å². The van der Waals surface area contributed by atoms with Crippen molar-refractivity contribution in [2.75, 3.05) is 5.32 Å². The van der Waals surface area contributed by atoms with Crippen LogP contribution in [0, 0.1) is 12.8 Å². The largest absolute Gasteiger partial charge is 0.392 e. The van der Waals surface area contributed by atoms with Crippen molar-refractivity contribution in [3.8, 4) is 11.4 Å². The number of nitrogens with one attached hydrogen (secondary N) is 2. The van der Waals surface area contributed by atoms with Gasteiger partial charge in [-0.2, -0.15) is 5.10 Å². The molecule has 0 fully saturated rings. The Hall–Kier alpha value is -2.21. The monoisotopic (exact) mass is 288 g/mol. The third kappa shape index (κ3) is 4.13. The van der Waals surface area contributed by atoms with Crippen LogP contribution in [0.3, 0.4) is 0 Å². The predicted octanol–water partition coefficient (Wildman–Crippen LogP) is 2.13. The first-order chi connectivity index (χ1) is 9.95. The minimum absolute atomic E-state index is 0.0621. The molecule has 1 aromatic carbocycles. The number of aryl methyl sites for hydroxylation is 1. The van der Waals surface area contributed by atoms with Crippen LogP contribution < -0.4 is 5.32 Å². The zero-order chi connectivity index (χ0) is 15.4. The van der Waals surface area contributed by atoms with Crippen molar-refractivity contribution in [2.45, 2.75) is 33.3 Å². The smallest absolute Gasteiger partial charge is 0.226 e. The number of hydrogen-bond acceptors (Lipinski definition) is 4. The molecule has 0 aliphatic rings. The second-order valence-corrected chi connectivity index (χ2v) is 5.39. The molecule has 0 aliphatic carbocycles. The number of nitrogens with zero attached hydrogens (tertiary/aromatic N) is 2. The summed E-state index contributed by atoms with van der Waals surface area (Å²) < 4.78 is 0. The first-order valence-electron chi connectivity index (χ1n) is 6.93. The third-order valence-electron chi connectivity index (χ3n) is 3.19. The minimum atomic E-state index is -0.625. The highest BCUT2D eigenvalue weighted by Crippen LogP contribution is 2.18. The van der Waals surface area contributed by atoms with Gasteiger partial charge in [0.25, 0.3) is 0 Å². The molecule has 2 aromatic rings. The van der Waals surface area contributed by atoms with Gasteiger partial charge in [-0.3, -0.25) is 9.89 Å². The van der Waals surface area contributed by atoms with Crippen molar-refractivity contribution < 1.29 is 9.90 Å². The first-order valence-corrected chi connectivity index (χ1v) is 6.93. The fourth-order valence-corrected chi connectivity index (χ4v) is 1.81. The zero-order valence-corrected chi connectivity index (χ0v) is 12.4. The van der Waals surface area contributed by atoms with E-state index in [1.54, 1.807) is 12.1 Å². The van der Waals surface area contributed by atoms with E-state index < -0.39 is 6.10 Å². The van der Waals surface area contributed by atoms with Crippen LogP contribution in [-0.2, 0) is 4.79 Å². The van der Waals surface area contributed by atoms with Gasteiger partial charge >= 0.3 is 0 Å². The van der Waals surface area contributed by atoms with E-state index in [2.05, 4.69) is 20.5 Å². The van der Waals surface area contributed by atoms with E-state index in [4.69, 9.17) is 0 Å². The van der Waals surface area contributed by atoms with E-state index in [1.165, 1.54) is 0 Å². The molecule has 2 rings (SSSR count). The van der Waals surface area contributed by atoms with E-state index in [9.17, 15) is 9.90 Å². The fourth-order valence-electron chi connectivity index (χ4n) is 1.81. The highest BCUT2D eigenvalue weighted by Gasteiger charge is 2.14. The molecular formula is C15H20N4O2. The summed E-state index contributed by atoms with van der Waals surface area (Å²) in [7, 11) is 0. The fraction of sp³-hybridized carbons (Fsp3) is 0.400. The Labute approximate surface area is 123 Å². The minimum Gasteiger partial charge on any atom is -0.392 e. The van der Waals surface area contributed by atoms with Crippen LogP contribution in [0.4, 0.5) is 5.69 Å². The summed E-state index contributed by atoms with van der Waals surface area (Å²) in [6.07, 6.45) is -0.528. The molecule has 0 bridgehead atoms. The number of anilines is 1. The topological polar surface area (TPSA) is 90.9 Å². The van der Waals surface area contributed by atoms with Crippen LogP contribution in [0.15, 0.2) is 24.3 Å². The summed E-state index contributed by atoms with van der Waals surface area (Å²) in [4.78, 5) is 16.0. The normalized spacial score (nSPS) is 12.4. The van der Waals surface area contributed by atoms with Crippen molar-refractivity contribution in [1.29, 1.82) is 0 Å². The SMILES string of the molecule is Cc1nc(-c2ccc(NC(=O)CC(O)C(C)C)cc2)n[nH]1. The highest BCUT2D eigenvalue weighted by molar-refractivity contribution is 5.91. The van der Waals surface area contributed by atoms with Gasteiger partial charge in [-0.25, -0.2) is 4.98 Å². The number of carbonyl (C=O) groups is 1. The molecular weight excluding hydrogens is 268 g/mol. The highest BCUT2D eigenvalue weighted by atomic mass is 16.3. The van der Waals surface area contributed by atoms with Gasteiger partial charge in [0.15, 0.2) is 5.82 Å². The van der Waals surface area contributed by atoms with E-state index in [1.807, 2.05) is 32.9 Å². The van der Waals surface area contributed by atoms with Crippen molar-refractivity contribution in [3.05, 3.63) is 30.1 Å². The maximum Gasteiger partial charge on any atom is 0.226 e. The predicted molar refractivity (Wildman–Crippen MR) is 80.6 cm³/mol. The lowest BCUT2D eigenvalue weighted by atomic mass is 10.0. The number of hydrogen-bond donors (Lipinski definition) is 3. The third-order valence-corrected chi connectivity index (χ3v) is 3.19. The lowest BCUT2D eigenvalue weighted by molar-refractivity contribution is -0.118. The number of aliphatic hydroxyl groups excluding tert-OH is 1. The van der Waals surface area contributed by atoms with E-state index in [0.717, 1.165) is 11.4 Å². The van der Waals surface area contributed by atoms with Crippen LogP contribution >= 0.6 is 0 Å². The van der Waals surface area contributed by atoms with Crippen LogP contribution in [0.25, 0.3) is 11.4 Å². The average molecular weight is 288 g/mol. The van der Waals surface area contributed by atoms with Gasteiger partial charge in [0, 0.05) is 11.3 Å². The van der Waals surface area contributed by atoms with Crippen LogP contribution in [0.5, 0.6) is 0 Å². The second kappa shape index (κ2) is 6.49. The first kappa shape index (κ1) is 15.2. The lowest BCUT2D eigenvalue weighted by Gasteiger charge is -2.14. The summed E-state index contributed by atoms with van der Waals surface area (Å²) in [5.74, 6) is 1.25. The number of benzene rings is 1. The summed E-state index contributed by atoms with van der Waals surface area (Å²) in [5.41, 5.74) is 1.56. The number of aliphatic hydroxyl groups is 1. The average Bonchev–Trinajstić information content (AvgIpc) is 2.86. The Balaban J connectivity index is 1.98. The van der Waals surface area contributed by atoms with Crippen molar-refractivity contribution in [2.24, 2.45) is 5.92 Å². The van der Waals surface area contributed by atoms with Gasteiger partial charge < -0.3 is 10.4 Å². The molecule has 6 heteroatoms. The lowest BCUT2D eigenvalue weighted by Crippen LogP contribution is -2.23. The Morgan fingerprint density at radius 2 is 2.00 bits per heavy atom. The zero-order valence-electron chi connectivity index (χ0n) is 12.4. The number of aromatic nitrogens is 3. The standard InChI is InChI=1S/C15H20N4O2/c1-9(2)13(20)8-14(21)17-12-6-4-11(5-7-12)15-16-10(3)18-19-15/h4-7,9,13,20H,8H2,1-3H3,(H,17,21)(H,16,18,19). The summed E-state index contributed by atoms with van der Waals surface area (Å²) in [5, 5.41) is 19.3. The van der Waals surface area contributed by atoms with Crippen LogP contribution in [0.2, 0.25) is 0 Å². The molecule has 112 valence electrons. The van der Waals surface area contributed by atoms with Gasteiger partial charge in [-0.15, -0.1) is 0 Å². The molecule has 6 nitrogen and oxygen atoms in total. The molecule has 0 saturated carbocycles. The van der Waals surface area contributed by atoms with Crippen LogP contribution in [-0.4, -0.2) is 32.3 Å². The van der Waals surface area contributed by atoms with Crippen molar-refractivity contribution >= 4 is 11.6 Å².